The van der Waals surface area contributed by atoms with Gasteiger partial charge in [0, 0.05) is 10.9 Å². The van der Waals surface area contributed by atoms with Crippen LogP contribution in [0.3, 0.4) is 0 Å². The molecule has 3 heteroatoms. The van der Waals surface area contributed by atoms with E-state index in [0.29, 0.717) is 6.04 Å². The van der Waals surface area contributed by atoms with Gasteiger partial charge in [-0.1, -0.05) is 18.5 Å². The van der Waals surface area contributed by atoms with E-state index in [1.54, 1.807) is 11.3 Å². The van der Waals surface area contributed by atoms with Crippen molar-refractivity contribution in [2.24, 2.45) is 0 Å². The lowest BCUT2D eigenvalue weighted by atomic mass is 10.2. The van der Waals surface area contributed by atoms with Crippen LogP contribution in [0.25, 0.3) is 0 Å². The van der Waals surface area contributed by atoms with Crippen LogP contribution in [0.2, 0.25) is 5.02 Å². The van der Waals surface area contributed by atoms with Gasteiger partial charge in [-0.05, 0) is 31.3 Å². The van der Waals surface area contributed by atoms with Gasteiger partial charge in [-0.25, -0.2) is 0 Å². The highest BCUT2D eigenvalue weighted by molar-refractivity contribution is 7.10. The van der Waals surface area contributed by atoms with Crippen LogP contribution in [0.5, 0.6) is 0 Å². The monoisotopic (exact) mass is 203 g/mol. The zero-order valence-corrected chi connectivity index (χ0v) is 9.22. The predicted octanol–water partition coefficient (Wildman–Crippen LogP) is 3.38. The Morgan fingerprint density at radius 2 is 2.33 bits per heavy atom. The van der Waals surface area contributed by atoms with Crippen molar-refractivity contribution in [2.45, 2.75) is 26.8 Å². The summed E-state index contributed by atoms with van der Waals surface area (Å²) in [6.07, 6.45) is 0. The number of aryl methyl sites for hydroxylation is 1. The third kappa shape index (κ3) is 2.00. The van der Waals surface area contributed by atoms with Crippen LogP contribution in [-0.2, 0) is 0 Å². The summed E-state index contributed by atoms with van der Waals surface area (Å²) in [4.78, 5) is 1.25. The van der Waals surface area contributed by atoms with Crippen LogP contribution >= 0.6 is 22.9 Å². The van der Waals surface area contributed by atoms with Gasteiger partial charge in [-0.2, -0.15) is 0 Å². The van der Waals surface area contributed by atoms with E-state index < -0.39 is 0 Å². The van der Waals surface area contributed by atoms with E-state index in [-0.39, 0.29) is 0 Å². The smallest absolute Gasteiger partial charge is 0.0590 e. The number of rotatable bonds is 3. The molecule has 1 nitrogen and oxygen atoms in total. The summed E-state index contributed by atoms with van der Waals surface area (Å²) in [7, 11) is 0. The largest absolute Gasteiger partial charge is 0.310 e. The molecule has 1 N–H and O–H groups in total. The van der Waals surface area contributed by atoms with E-state index in [1.807, 2.05) is 6.92 Å². The van der Waals surface area contributed by atoms with Crippen LogP contribution in [0.4, 0.5) is 0 Å². The van der Waals surface area contributed by atoms with E-state index in [9.17, 15) is 0 Å². The van der Waals surface area contributed by atoms with Gasteiger partial charge in [-0.3, -0.25) is 0 Å². The lowest BCUT2D eigenvalue weighted by Gasteiger charge is -2.10. The molecule has 0 bridgehead atoms. The fraction of sp³-hybridized carbons (Fsp3) is 0.556. The van der Waals surface area contributed by atoms with Crippen LogP contribution in [-0.4, -0.2) is 6.54 Å². The molecule has 1 unspecified atom stereocenters. The Labute approximate surface area is 82.7 Å². The molecular formula is C9H14ClNS. The summed E-state index contributed by atoms with van der Waals surface area (Å²) in [5, 5.41) is 6.37. The van der Waals surface area contributed by atoms with Crippen molar-refractivity contribution in [3.8, 4) is 0 Å². The van der Waals surface area contributed by atoms with Gasteiger partial charge in [0.15, 0.2) is 0 Å². The van der Waals surface area contributed by atoms with Crippen molar-refractivity contribution >= 4 is 22.9 Å². The van der Waals surface area contributed by atoms with E-state index in [4.69, 9.17) is 11.6 Å². The Balaban J connectivity index is 2.80. The highest BCUT2D eigenvalue weighted by Crippen LogP contribution is 2.31. The average Bonchev–Trinajstić information content (AvgIpc) is 2.34. The summed E-state index contributed by atoms with van der Waals surface area (Å²) in [5.41, 5.74) is 1.18. The molecule has 0 radical (unpaired) electrons. The second kappa shape index (κ2) is 4.26. The fourth-order valence-corrected chi connectivity index (χ4v) is 2.53. The van der Waals surface area contributed by atoms with Gasteiger partial charge in [0.1, 0.15) is 0 Å². The highest BCUT2D eigenvalue weighted by atomic mass is 35.5. The molecule has 1 aromatic heterocycles. The number of hydrogen-bond donors (Lipinski definition) is 1. The molecule has 1 rings (SSSR count). The maximum Gasteiger partial charge on any atom is 0.0590 e. The first-order valence-electron chi connectivity index (χ1n) is 4.13. The SMILES string of the molecule is CCNC(C)c1scc(C)c1Cl. The maximum atomic E-state index is 6.11. The first kappa shape index (κ1) is 10.0. The quantitative estimate of drug-likeness (QED) is 0.795. The first-order valence-corrected chi connectivity index (χ1v) is 5.39. The molecule has 0 aliphatic heterocycles. The van der Waals surface area contributed by atoms with Gasteiger partial charge in [-0.15, -0.1) is 11.3 Å². The lowest BCUT2D eigenvalue weighted by Crippen LogP contribution is -2.16. The van der Waals surface area contributed by atoms with E-state index >= 15 is 0 Å². The van der Waals surface area contributed by atoms with E-state index in [2.05, 4.69) is 24.5 Å². The van der Waals surface area contributed by atoms with Gasteiger partial charge in [0.25, 0.3) is 0 Å². The molecule has 0 aliphatic carbocycles. The van der Waals surface area contributed by atoms with Gasteiger partial charge in [0.05, 0.1) is 5.02 Å². The average molecular weight is 204 g/mol. The zero-order chi connectivity index (χ0) is 9.14. The molecule has 0 saturated heterocycles. The minimum atomic E-state index is 0.376. The molecule has 12 heavy (non-hydrogen) atoms. The number of thiophene rings is 1. The standard InChI is InChI=1S/C9H14ClNS/c1-4-11-7(3)9-8(10)6(2)5-12-9/h5,7,11H,4H2,1-3H3. The molecular weight excluding hydrogens is 190 g/mol. The second-order valence-corrected chi connectivity index (χ2v) is 4.17. The van der Waals surface area contributed by atoms with Gasteiger partial charge in [0.2, 0.25) is 0 Å². The molecule has 68 valence electrons. The minimum Gasteiger partial charge on any atom is -0.310 e. The molecule has 0 aromatic carbocycles. The summed E-state index contributed by atoms with van der Waals surface area (Å²) < 4.78 is 0. The fourth-order valence-electron chi connectivity index (χ4n) is 1.14. The maximum absolute atomic E-state index is 6.11. The summed E-state index contributed by atoms with van der Waals surface area (Å²) >= 11 is 7.84. The molecule has 0 saturated carbocycles. The normalized spacial score (nSPS) is 13.3. The summed E-state index contributed by atoms with van der Waals surface area (Å²) in [5.74, 6) is 0. The van der Waals surface area contributed by atoms with Crippen LogP contribution in [0.15, 0.2) is 5.38 Å². The third-order valence-corrected chi connectivity index (χ3v) is 3.73. The van der Waals surface area contributed by atoms with Crippen molar-refractivity contribution < 1.29 is 0 Å². The molecule has 0 amide bonds. The molecule has 0 spiro atoms. The number of halogens is 1. The Morgan fingerprint density at radius 3 is 2.75 bits per heavy atom. The Hall–Kier alpha value is -0.0500. The lowest BCUT2D eigenvalue weighted by molar-refractivity contribution is 0.607. The van der Waals surface area contributed by atoms with Gasteiger partial charge >= 0.3 is 0 Å². The number of nitrogens with one attached hydrogen (secondary N) is 1. The van der Waals surface area contributed by atoms with Crippen molar-refractivity contribution in [1.82, 2.24) is 5.32 Å². The summed E-state index contributed by atoms with van der Waals surface area (Å²) in [6.45, 7) is 7.26. The number of hydrogen-bond acceptors (Lipinski definition) is 2. The van der Waals surface area contributed by atoms with Crippen LogP contribution in [0.1, 0.15) is 30.3 Å². The Kier molecular flexibility index (Phi) is 3.56. The van der Waals surface area contributed by atoms with Crippen LogP contribution < -0.4 is 5.32 Å². The molecule has 0 fully saturated rings. The van der Waals surface area contributed by atoms with Gasteiger partial charge < -0.3 is 5.32 Å². The second-order valence-electron chi connectivity index (χ2n) is 2.88. The molecule has 1 heterocycles. The first-order chi connectivity index (χ1) is 5.66. The Bertz CT molecular complexity index is 257. The molecule has 1 aromatic rings. The molecule has 1 atom stereocenters. The highest BCUT2D eigenvalue weighted by Gasteiger charge is 2.11. The topological polar surface area (TPSA) is 12.0 Å². The van der Waals surface area contributed by atoms with Crippen LogP contribution in [0, 0.1) is 6.92 Å². The molecule has 0 aliphatic rings. The zero-order valence-electron chi connectivity index (χ0n) is 7.65. The van der Waals surface area contributed by atoms with Crippen molar-refractivity contribution in [2.75, 3.05) is 6.54 Å². The van der Waals surface area contributed by atoms with E-state index in [0.717, 1.165) is 11.6 Å². The third-order valence-electron chi connectivity index (χ3n) is 1.83. The summed E-state index contributed by atoms with van der Waals surface area (Å²) in [6, 6.07) is 0.376. The van der Waals surface area contributed by atoms with Crippen molar-refractivity contribution in [3.05, 3.63) is 20.8 Å². The minimum absolute atomic E-state index is 0.376. The van der Waals surface area contributed by atoms with Crippen molar-refractivity contribution in [1.29, 1.82) is 0 Å². The Morgan fingerprint density at radius 1 is 1.67 bits per heavy atom. The van der Waals surface area contributed by atoms with E-state index in [1.165, 1.54) is 10.4 Å². The predicted molar refractivity (Wildman–Crippen MR) is 56.2 cm³/mol. The van der Waals surface area contributed by atoms with Crippen molar-refractivity contribution in [3.63, 3.8) is 0 Å².